The van der Waals surface area contributed by atoms with E-state index in [1.165, 1.54) is 0 Å². The highest BCUT2D eigenvalue weighted by Gasteiger charge is 2.51. The Balaban J connectivity index is 1.64. The van der Waals surface area contributed by atoms with Crippen LogP contribution < -0.4 is 5.32 Å². The number of β-amino-alcohol motifs (C(OH)–C–C–N with tert-alkyl or cyclic N) is 1. The van der Waals surface area contributed by atoms with Crippen molar-refractivity contribution in [2.45, 2.75) is 38.3 Å². The van der Waals surface area contributed by atoms with Gasteiger partial charge in [0.15, 0.2) is 5.54 Å². The molecule has 0 saturated carbocycles. The van der Waals surface area contributed by atoms with Crippen molar-refractivity contribution in [3.63, 3.8) is 0 Å². The van der Waals surface area contributed by atoms with E-state index < -0.39 is 23.6 Å². The van der Waals surface area contributed by atoms with E-state index >= 15 is 0 Å². The van der Waals surface area contributed by atoms with Gasteiger partial charge in [0, 0.05) is 0 Å². The van der Waals surface area contributed by atoms with Crippen LogP contribution >= 0.6 is 0 Å². The number of nitrogens with zero attached hydrogens (tertiary/aromatic N) is 1. The van der Waals surface area contributed by atoms with Crippen molar-refractivity contribution >= 4 is 11.9 Å². The van der Waals surface area contributed by atoms with Gasteiger partial charge in [-0.05, 0) is 44.4 Å². The number of carbonyl (C=O) groups excluding carboxylic acids is 2. The molecule has 132 valence electrons. The molecule has 1 aliphatic rings. The zero-order valence-electron chi connectivity index (χ0n) is 14.4. The number of aryl methyl sites for hydroxylation is 2. The van der Waals surface area contributed by atoms with Crippen LogP contribution in [0.3, 0.4) is 0 Å². The lowest BCUT2D eigenvalue weighted by Crippen LogP contribution is -2.41. The Morgan fingerprint density at radius 3 is 2.56 bits per heavy atom. The molecule has 1 aromatic heterocycles. The van der Waals surface area contributed by atoms with Gasteiger partial charge in [-0.1, -0.05) is 30.3 Å². The maximum absolute atomic E-state index is 12.7. The molecule has 0 unspecified atom stereocenters. The Morgan fingerprint density at radius 2 is 1.92 bits per heavy atom. The van der Waals surface area contributed by atoms with Crippen LogP contribution in [0.5, 0.6) is 0 Å². The van der Waals surface area contributed by atoms with Crippen molar-refractivity contribution in [3.8, 4) is 0 Å². The van der Waals surface area contributed by atoms with E-state index in [9.17, 15) is 14.7 Å². The van der Waals surface area contributed by atoms with E-state index in [1.54, 1.807) is 26.0 Å². The minimum Gasteiger partial charge on any atom is -0.463 e. The van der Waals surface area contributed by atoms with Crippen LogP contribution in [0.15, 0.2) is 46.9 Å². The molecule has 2 N–H and O–H groups in total. The van der Waals surface area contributed by atoms with E-state index in [0.717, 1.165) is 10.5 Å². The van der Waals surface area contributed by atoms with Crippen molar-refractivity contribution in [1.29, 1.82) is 0 Å². The average Bonchev–Trinajstić information content (AvgIpc) is 3.12. The van der Waals surface area contributed by atoms with Crippen molar-refractivity contribution in [2.75, 3.05) is 6.54 Å². The molecule has 6 heteroatoms. The molecule has 0 radical (unpaired) electrons. The summed E-state index contributed by atoms with van der Waals surface area (Å²) in [6, 6.07) is 12.7. The van der Waals surface area contributed by atoms with E-state index in [1.807, 2.05) is 30.3 Å². The summed E-state index contributed by atoms with van der Waals surface area (Å²) in [6.07, 6.45) is 0.369. The van der Waals surface area contributed by atoms with Gasteiger partial charge < -0.3 is 14.8 Å². The van der Waals surface area contributed by atoms with Crippen LogP contribution in [0.25, 0.3) is 0 Å². The number of furan rings is 1. The van der Waals surface area contributed by atoms with Crippen molar-refractivity contribution in [1.82, 2.24) is 10.2 Å². The fourth-order valence-electron chi connectivity index (χ4n) is 3.01. The predicted octanol–water partition coefficient (Wildman–Crippen LogP) is 2.35. The molecule has 1 fully saturated rings. The Kier molecular flexibility index (Phi) is 4.63. The van der Waals surface area contributed by atoms with Crippen molar-refractivity contribution in [3.05, 3.63) is 59.5 Å². The van der Waals surface area contributed by atoms with Crippen LogP contribution in [0.1, 0.15) is 30.4 Å². The van der Waals surface area contributed by atoms with Gasteiger partial charge in [-0.2, -0.15) is 0 Å². The lowest BCUT2D eigenvalue weighted by molar-refractivity contribution is -0.132. The molecule has 0 spiro atoms. The Labute approximate surface area is 146 Å². The van der Waals surface area contributed by atoms with Gasteiger partial charge >= 0.3 is 6.03 Å². The highest BCUT2D eigenvalue weighted by Crippen LogP contribution is 2.30. The molecule has 6 nitrogen and oxygen atoms in total. The second kappa shape index (κ2) is 6.72. The summed E-state index contributed by atoms with van der Waals surface area (Å²) in [7, 11) is 0. The molecule has 1 saturated heterocycles. The molecular weight excluding hydrogens is 320 g/mol. The highest BCUT2D eigenvalue weighted by molar-refractivity contribution is 6.06. The van der Waals surface area contributed by atoms with E-state index in [-0.39, 0.29) is 6.54 Å². The maximum atomic E-state index is 12.7. The number of rotatable bonds is 6. The Morgan fingerprint density at radius 1 is 1.20 bits per heavy atom. The molecule has 3 rings (SSSR count). The first-order valence-electron chi connectivity index (χ1n) is 8.33. The number of urea groups is 1. The first-order chi connectivity index (χ1) is 11.9. The van der Waals surface area contributed by atoms with E-state index in [2.05, 4.69) is 5.32 Å². The summed E-state index contributed by atoms with van der Waals surface area (Å²) in [5, 5.41) is 12.9. The number of aliphatic hydroxyl groups is 1. The molecule has 1 aliphatic heterocycles. The number of carbonyl (C=O) groups is 2. The molecule has 2 aromatic rings. The zero-order chi connectivity index (χ0) is 18.0. The molecular formula is C19H22N2O4. The average molecular weight is 342 g/mol. The second-order valence-electron chi connectivity index (χ2n) is 6.56. The number of hydrogen-bond donors (Lipinski definition) is 2. The summed E-state index contributed by atoms with van der Waals surface area (Å²) in [5.74, 6) is 0.648. The van der Waals surface area contributed by atoms with Gasteiger partial charge in [0.25, 0.3) is 5.91 Å². The molecule has 0 aliphatic carbocycles. The number of aliphatic hydroxyl groups excluding tert-OH is 1. The topological polar surface area (TPSA) is 82.8 Å². The quantitative estimate of drug-likeness (QED) is 0.790. The molecule has 1 aromatic carbocycles. The van der Waals surface area contributed by atoms with E-state index in [4.69, 9.17) is 4.42 Å². The van der Waals surface area contributed by atoms with Crippen molar-refractivity contribution in [2.24, 2.45) is 0 Å². The molecule has 2 heterocycles. The normalized spacial score (nSPS) is 21.5. The first kappa shape index (κ1) is 17.2. The summed E-state index contributed by atoms with van der Waals surface area (Å²) >= 11 is 0. The maximum Gasteiger partial charge on any atom is 0.325 e. The van der Waals surface area contributed by atoms with Crippen LogP contribution in [-0.2, 0) is 16.8 Å². The third kappa shape index (κ3) is 3.44. The minimum atomic E-state index is -1.23. The molecule has 2 atom stereocenters. The van der Waals surface area contributed by atoms with Gasteiger partial charge in [0.2, 0.25) is 0 Å². The summed E-state index contributed by atoms with van der Waals surface area (Å²) in [6.45, 7) is 3.36. The number of amides is 3. The fraction of sp³-hybridized carbons (Fsp3) is 0.368. The van der Waals surface area contributed by atoms with Gasteiger partial charge in [-0.3, -0.25) is 9.69 Å². The highest BCUT2D eigenvalue weighted by atomic mass is 16.3. The number of nitrogens with one attached hydrogen (secondary N) is 1. The van der Waals surface area contributed by atoms with Crippen LogP contribution in [-0.4, -0.2) is 34.6 Å². The molecule has 25 heavy (non-hydrogen) atoms. The molecule has 0 bridgehead atoms. The van der Waals surface area contributed by atoms with Crippen LogP contribution in [0.2, 0.25) is 0 Å². The lowest BCUT2D eigenvalue weighted by atomic mass is 9.99. The Hall–Kier alpha value is -2.60. The lowest BCUT2D eigenvalue weighted by Gasteiger charge is -2.20. The zero-order valence-corrected chi connectivity index (χ0v) is 14.4. The van der Waals surface area contributed by atoms with E-state index in [0.29, 0.717) is 24.4 Å². The van der Waals surface area contributed by atoms with Crippen molar-refractivity contribution < 1.29 is 19.1 Å². The van der Waals surface area contributed by atoms with Crippen LogP contribution in [0.4, 0.5) is 4.79 Å². The van der Waals surface area contributed by atoms with Gasteiger partial charge in [-0.25, -0.2) is 4.79 Å². The summed E-state index contributed by atoms with van der Waals surface area (Å²) < 4.78 is 5.52. The Bertz CT molecular complexity index is 771. The van der Waals surface area contributed by atoms with Crippen LogP contribution in [0, 0.1) is 6.92 Å². The standard InChI is InChI=1S/C19H22N2O4/c1-13-8-11-16(25-13)19(2)17(23)21(18(24)20-19)12-15(22)10-9-14-6-4-3-5-7-14/h3-8,11,15,22H,9-10,12H2,1-2H3,(H,20,24)/t15-,19-/m1/s1. The monoisotopic (exact) mass is 342 g/mol. The largest absolute Gasteiger partial charge is 0.463 e. The van der Waals surface area contributed by atoms with Gasteiger partial charge in [0.1, 0.15) is 11.5 Å². The molecule has 3 amide bonds. The smallest absolute Gasteiger partial charge is 0.325 e. The summed E-state index contributed by atoms with van der Waals surface area (Å²) in [4.78, 5) is 26.0. The van der Waals surface area contributed by atoms with Gasteiger partial charge in [0.05, 0.1) is 12.6 Å². The van der Waals surface area contributed by atoms with Gasteiger partial charge in [-0.15, -0.1) is 0 Å². The number of benzene rings is 1. The number of hydrogen-bond acceptors (Lipinski definition) is 4. The third-order valence-electron chi connectivity index (χ3n) is 4.51. The predicted molar refractivity (Wildman–Crippen MR) is 91.8 cm³/mol. The minimum absolute atomic E-state index is 0.0349. The second-order valence-corrected chi connectivity index (χ2v) is 6.56. The first-order valence-corrected chi connectivity index (χ1v) is 8.33. The fourth-order valence-corrected chi connectivity index (χ4v) is 3.01. The SMILES string of the molecule is Cc1ccc([C@@]2(C)NC(=O)N(C[C@H](O)CCc3ccccc3)C2=O)o1. The summed E-state index contributed by atoms with van der Waals surface area (Å²) in [5.41, 5.74) is -0.125. The third-order valence-corrected chi connectivity index (χ3v) is 4.51. The number of imide groups is 1.